The first-order valence-corrected chi connectivity index (χ1v) is 12.2. The molecule has 0 spiro atoms. The molecular weight excluding hydrogens is 348 g/mol. The number of hydrogen-bond donors (Lipinski definition) is 1. The van der Waals surface area contributed by atoms with E-state index in [0.29, 0.717) is 21.0 Å². The maximum Gasteiger partial charge on any atom is 0.335 e. The van der Waals surface area contributed by atoms with E-state index < -0.39 is 5.97 Å². The fourth-order valence-corrected chi connectivity index (χ4v) is 7.50. The van der Waals surface area contributed by atoms with E-state index in [1.165, 1.54) is 23.9 Å². The lowest BCUT2D eigenvalue weighted by Gasteiger charge is -2.28. The van der Waals surface area contributed by atoms with Gasteiger partial charge in [-0.25, -0.2) is 4.79 Å². The third kappa shape index (κ3) is 7.95. The predicted octanol–water partition coefficient (Wildman–Crippen LogP) is 5.83. The Hall–Kier alpha value is -0.803. The van der Waals surface area contributed by atoms with Gasteiger partial charge in [-0.3, -0.25) is 0 Å². The summed E-state index contributed by atoms with van der Waals surface area (Å²) < 4.78 is 0. The Labute approximate surface area is 160 Å². The van der Waals surface area contributed by atoms with Crippen molar-refractivity contribution in [3.8, 4) is 0 Å². The van der Waals surface area contributed by atoms with E-state index in [9.17, 15) is 4.79 Å². The van der Waals surface area contributed by atoms with Crippen molar-refractivity contribution >= 4 is 27.1 Å². The lowest BCUT2D eigenvalue weighted by molar-refractivity contribution is 0.0697. The molecular formula is C21H33ClO2Si. The van der Waals surface area contributed by atoms with Gasteiger partial charge in [0.15, 0.2) is 0 Å². The van der Waals surface area contributed by atoms with E-state index in [1.54, 1.807) is 75.6 Å². The minimum absolute atomic E-state index is 0.313. The second-order valence-electron chi connectivity index (χ2n) is 7.68. The number of rotatable bonds is 5. The highest BCUT2D eigenvalue weighted by Crippen LogP contribution is 2.36. The highest BCUT2D eigenvalue weighted by molar-refractivity contribution is 6.39. The Kier molecular flexibility index (Phi) is 9.63. The van der Waals surface area contributed by atoms with Crippen LogP contribution in [-0.2, 0) is 6.42 Å². The van der Waals surface area contributed by atoms with Gasteiger partial charge in [-0.1, -0.05) is 87.4 Å². The van der Waals surface area contributed by atoms with Crippen LogP contribution in [0.4, 0.5) is 0 Å². The summed E-state index contributed by atoms with van der Waals surface area (Å²) in [4.78, 5) is 10.4. The van der Waals surface area contributed by atoms with Crippen LogP contribution in [0.3, 0.4) is 0 Å². The van der Waals surface area contributed by atoms with E-state index in [2.05, 4.69) is 0 Å². The fraction of sp³-hybridized carbons (Fsp3) is 0.667. The normalized spacial score (nSPS) is 19.1. The SMILES string of the molecule is C1CCC([SiH2]C2CCCCC2)CC1.O=C(O)c1ccc(CCCl)cc1. The van der Waals surface area contributed by atoms with Crippen LogP contribution in [-0.4, -0.2) is 26.5 Å². The molecule has 0 amide bonds. The average molecular weight is 381 g/mol. The van der Waals surface area contributed by atoms with Gasteiger partial charge in [-0.15, -0.1) is 11.6 Å². The molecule has 2 aliphatic rings. The highest BCUT2D eigenvalue weighted by atomic mass is 35.5. The molecule has 0 heterocycles. The first-order valence-electron chi connectivity index (χ1n) is 10.1. The zero-order valence-electron chi connectivity index (χ0n) is 15.4. The number of benzene rings is 1. The molecule has 1 aromatic rings. The topological polar surface area (TPSA) is 37.3 Å². The summed E-state index contributed by atoms with van der Waals surface area (Å²) in [6, 6.07) is 6.74. The van der Waals surface area contributed by atoms with Crippen molar-refractivity contribution in [2.45, 2.75) is 81.7 Å². The molecule has 2 fully saturated rings. The second-order valence-corrected chi connectivity index (χ2v) is 10.8. The molecule has 0 bridgehead atoms. The van der Waals surface area contributed by atoms with Crippen LogP contribution in [0.25, 0.3) is 0 Å². The number of alkyl halides is 1. The van der Waals surface area contributed by atoms with Crippen LogP contribution < -0.4 is 0 Å². The quantitative estimate of drug-likeness (QED) is 0.515. The van der Waals surface area contributed by atoms with Crippen molar-refractivity contribution in [3.63, 3.8) is 0 Å². The van der Waals surface area contributed by atoms with Crippen LogP contribution in [0.2, 0.25) is 11.1 Å². The molecule has 0 unspecified atom stereocenters. The maximum atomic E-state index is 10.4. The highest BCUT2D eigenvalue weighted by Gasteiger charge is 2.20. The summed E-state index contributed by atoms with van der Waals surface area (Å²) in [7, 11) is 0.320. The first kappa shape index (κ1) is 20.5. The number of carboxylic acids is 1. The minimum Gasteiger partial charge on any atom is -0.478 e. The molecule has 0 aromatic heterocycles. The summed E-state index contributed by atoms with van der Waals surface area (Å²) in [5.74, 6) is -0.334. The minimum atomic E-state index is -0.896. The summed E-state index contributed by atoms with van der Waals surface area (Å²) in [6.07, 6.45) is 16.5. The lowest BCUT2D eigenvalue weighted by Crippen LogP contribution is -2.16. The van der Waals surface area contributed by atoms with Gasteiger partial charge in [-0.2, -0.15) is 0 Å². The van der Waals surface area contributed by atoms with Gasteiger partial charge in [0, 0.05) is 15.4 Å². The Morgan fingerprint density at radius 3 is 1.80 bits per heavy atom. The first-order chi connectivity index (χ1) is 12.2. The van der Waals surface area contributed by atoms with Gasteiger partial charge < -0.3 is 5.11 Å². The molecule has 1 aromatic carbocycles. The van der Waals surface area contributed by atoms with Crippen LogP contribution in [0, 0.1) is 0 Å². The summed E-state index contributed by atoms with van der Waals surface area (Å²) in [6.45, 7) is 0. The Morgan fingerprint density at radius 1 is 0.920 bits per heavy atom. The van der Waals surface area contributed by atoms with Crippen molar-refractivity contribution in [2.24, 2.45) is 0 Å². The van der Waals surface area contributed by atoms with Gasteiger partial charge >= 0.3 is 5.97 Å². The van der Waals surface area contributed by atoms with E-state index >= 15 is 0 Å². The molecule has 2 aliphatic carbocycles. The Morgan fingerprint density at radius 2 is 1.40 bits per heavy atom. The van der Waals surface area contributed by atoms with Crippen molar-refractivity contribution < 1.29 is 9.90 Å². The zero-order valence-corrected chi connectivity index (χ0v) is 17.6. The number of carbonyl (C=O) groups is 1. The van der Waals surface area contributed by atoms with Crippen molar-refractivity contribution in [2.75, 3.05) is 5.88 Å². The van der Waals surface area contributed by atoms with Crippen LogP contribution >= 0.6 is 11.6 Å². The third-order valence-electron chi connectivity index (χ3n) is 5.70. The van der Waals surface area contributed by atoms with Gasteiger partial charge in [-0.05, 0) is 24.1 Å². The largest absolute Gasteiger partial charge is 0.478 e. The Balaban J connectivity index is 0.000000181. The molecule has 3 rings (SSSR count). The monoisotopic (exact) mass is 380 g/mol. The molecule has 0 aliphatic heterocycles. The zero-order chi connectivity index (χ0) is 17.9. The van der Waals surface area contributed by atoms with Gasteiger partial charge in [0.05, 0.1) is 5.56 Å². The van der Waals surface area contributed by atoms with Crippen molar-refractivity contribution in [1.29, 1.82) is 0 Å². The number of aryl methyl sites for hydroxylation is 1. The number of hydrogen-bond acceptors (Lipinski definition) is 1. The molecule has 0 atom stereocenters. The van der Waals surface area contributed by atoms with Crippen molar-refractivity contribution in [1.82, 2.24) is 0 Å². The lowest BCUT2D eigenvalue weighted by atomic mass is 9.99. The molecule has 0 radical (unpaired) electrons. The molecule has 2 nitrogen and oxygen atoms in total. The van der Waals surface area contributed by atoms with Crippen LogP contribution in [0.15, 0.2) is 24.3 Å². The Bertz CT molecular complexity index is 475. The summed E-state index contributed by atoms with van der Waals surface area (Å²) >= 11 is 5.52. The number of halogens is 1. The average Bonchev–Trinajstić information content (AvgIpc) is 2.65. The summed E-state index contributed by atoms with van der Waals surface area (Å²) in [5.41, 5.74) is 3.90. The molecule has 0 saturated heterocycles. The standard InChI is InChI=1S/C12H24Si.C9H9ClO2/c1-3-7-11(8-4-1)13-12-9-5-2-6-10-12;10-6-5-7-1-3-8(4-2-7)9(11)12/h11-12H,1-10,13H2;1-4H,5-6H2,(H,11,12). The molecule has 1 N–H and O–H groups in total. The number of carboxylic acid groups (broad SMARTS) is 1. The summed E-state index contributed by atoms with van der Waals surface area (Å²) in [5, 5.41) is 8.58. The smallest absolute Gasteiger partial charge is 0.335 e. The van der Waals surface area contributed by atoms with Gasteiger partial charge in [0.1, 0.15) is 0 Å². The fourth-order valence-electron chi connectivity index (χ4n) is 4.24. The van der Waals surface area contributed by atoms with E-state index in [4.69, 9.17) is 16.7 Å². The van der Waals surface area contributed by atoms with E-state index in [1.807, 2.05) is 0 Å². The molecule has 25 heavy (non-hydrogen) atoms. The van der Waals surface area contributed by atoms with Crippen LogP contribution in [0.1, 0.15) is 80.1 Å². The second kappa shape index (κ2) is 11.7. The number of aromatic carboxylic acids is 1. The van der Waals surface area contributed by atoms with E-state index in [-0.39, 0.29) is 0 Å². The predicted molar refractivity (Wildman–Crippen MR) is 110 cm³/mol. The maximum absolute atomic E-state index is 10.4. The van der Waals surface area contributed by atoms with Gasteiger partial charge in [0.2, 0.25) is 0 Å². The van der Waals surface area contributed by atoms with E-state index in [0.717, 1.165) is 12.0 Å². The van der Waals surface area contributed by atoms with Crippen molar-refractivity contribution in [3.05, 3.63) is 35.4 Å². The molecule has 2 saturated carbocycles. The molecule has 140 valence electrons. The van der Waals surface area contributed by atoms with Gasteiger partial charge in [0.25, 0.3) is 0 Å². The molecule has 4 heteroatoms. The van der Waals surface area contributed by atoms with Crippen LogP contribution in [0.5, 0.6) is 0 Å². The third-order valence-corrected chi connectivity index (χ3v) is 8.86.